The van der Waals surface area contributed by atoms with Gasteiger partial charge in [-0.1, -0.05) is 29.8 Å². The minimum atomic E-state index is -3.59. The van der Waals surface area contributed by atoms with Crippen LogP contribution in [0.25, 0.3) is 0 Å². The van der Waals surface area contributed by atoms with Crippen molar-refractivity contribution >= 4 is 27.5 Å². The Labute approximate surface area is 177 Å². The Bertz CT molecular complexity index is 969. The smallest absolute Gasteiger partial charge is 0.251 e. The minimum absolute atomic E-state index is 0.0768. The molecule has 1 heterocycles. The van der Waals surface area contributed by atoms with Crippen LogP contribution in [-0.2, 0) is 16.6 Å². The van der Waals surface area contributed by atoms with E-state index in [2.05, 4.69) is 14.9 Å². The monoisotopic (exact) mass is 435 g/mol. The molecule has 0 aromatic heterocycles. The van der Waals surface area contributed by atoms with Gasteiger partial charge in [0.25, 0.3) is 5.91 Å². The molecule has 0 saturated carbocycles. The summed E-state index contributed by atoms with van der Waals surface area (Å²) < 4.78 is 26.3. The van der Waals surface area contributed by atoms with Crippen LogP contribution in [0.1, 0.15) is 34.3 Å². The average molecular weight is 436 g/mol. The van der Waals surface area contributed by atoms with Crippen LogP contribution >= 0.6 is 11.6 Å². The average Bonchev–Trinajstić information content (AvgIpc) is 2.71. The highest BCUT2D eigenvalue weighted by atomic mass is 35.5. The van der Waals surface area contributed by atoms with Crippen molar-refractivity contribution in [2.75, 3.05) is 20.1 Å². The minimum Gasteiger partial charge on any atom is -0.349 e. The summed E-state index contributed by atoms with van der Waals surface area (Å²) >= 11 is 5.94. The number of aryl methyl sites for hydroxylation is 1. The molecular formula is C21H26ClN3O3S. The third-order valence-electron chi connectivity index (χ3n) is 5.27. The van der Waals surface area contributed by atoms with E-state index in [0.717, 1.165) is 43.1 Å². The van der Waals surface area contributed by atoms with Crippen LogP contribution in [-0.4, -0.2) is 45.4 Å². The molecule has 0 unspecified atom stereocenters. The first-order chi connectivity index (χ1) is 13.8. The van der Waals surface area contributed by atoms with Crippen molar-refractivity contribution in [1.29, 1.82) is 0 Å². The molecule has 2 N–H and O–H groups in total. The fourth-order valence-corrected chi connectivity index (χ4v) is 4.36. The van der Waals surface area contributed by atoms with Crippen LogP contribution in [0, 0.1) is 6.92 Å². The number of halogens is 1. The Morgan fingerprint density at radius 3 is 2.41 bits per heavy atom. The van der Waals surface area contributed by atoms with Crippen LogP contribution in [0.3, 0.4) is 0 Å². The molecule has 0 spiro atoms. The first kappa shape index (κ1) is 21.8. The van der Waals surface area contributed by atoms with Crippen molar-refractivity contribution in [3.8, 4) is 0 Å². The van der Waals surface area contributed by atoms with Gasteiger partial charge in [0.05, 0.1) is 4.90 Å². The van der Waals surface area contributed by atoms with Gasteiger partial charge in [-0.25, -0.2) is 13.1 Å². The maximum atomic E-state index is 12.8. The summed E-state index contributed by atoms with van der Waals surface area (Å²) in [5, 5.41) is 3.80. The van der Waals surface area contributed by atoms with Crippen molar-refractivity contribution in [3.05, 3.63) is 64.2 Å². The van der Waals surface area contributed by atoms with Gasteiger partial charge in [-0.05, 0) is 62.2 Å². The third kappa shape index (κ3) is 5.57. The highest BCUT2D eigenvalue weighted by Gasteiger charge is 2.23. The number of piperidine rings is 1. The lowest BCUT2D eigenvalue weighted by atomic mass is 10.0. The van der Waals surface area contributed by atoms with E-state index in [0.29, 0.717) is 5.56 Å². The molecule has 6 nitrogen and oxygen atoms in total. The molecule has 0 radical (unpaired) electrons. The SMILES string of the molecule is CNS(=O)(=O)c1ccc(C)c(C(=O)NC2CCN(Cc3ccc(Cl)cc3)CC2)c1. The van der Waals surface area contributed by atoms with Gasteiger partial charge in [0.15, 0.2) is 0 Å². The zero-order valence-corrected chi connectivity index (χ0v) is 18.2. The van der Waals surface area contributed by atoms with Gasteiger partial charge in [0.2, 0.25) is 10.0 Å². The highest BCUT2D eigenvalue weighted by Crippen LogP contribution is 2.18. The number of carbonyl (C=O) groups is 1. The summed E-state index contributed by atoms with van der Waals surface area (Å²) in [6.07, 6.45) is 1.71. The normalized spacial score (nSPS) is 16.0. The summed E-state index contributed by atoms with van der Waals surface area (Å²) in [6, 6.07) is 12.5. The van der Waals surface area contributed by atoms with E-state index in [9.17, 15) is 13.2 Å². The number of hydrogen-bond donors (Lipinski definition) is 2. The number of likely N-dealkylation sites (tertiary alicyclic amines) is 1. The fraction of sp³-hybridized carbons (Fsp3) is 0.381. The van der Waals surface area contributed by atoms with Gasteiger partial charge in [0, 0.05) is 36.3 Å². The van der Waals surface area contributed by atoms with Gasteiger partial charge in [-0.3, -0.25) is 9.69 Å². The van der Waals surface area contributed by atoms with Gasteiger partial charge >= 0.3 is 0 Å². The fourth-order valence-electron chi connectivity index (χ4n) is 3.48. The topological polar surface area (TPSA) is 78.5 Å². The molecule has 2 aromatic carbocycles. The number of carbonyl (C=O) groups excluding carboxylic acids is 1. The van der Waals surface area contributed by atoms with E-state index in [1.165, 1.54) is 24.7 Å². The summed E-state index contributed by atoms with van der Waals surface area (Å²) in [7, 11) is -2.23. The quantitative estimate of drug-likeness (QED) is 0.731. The van der Waals surface area contributed by atoms with E-state index < -0.39 is 10.0 Å². The third-order valence-corrected chi connectivity index (χ3v) is 6.94. The summed E-state index contributed by atoms with van der Waals surface area (Å²) in [6.45, 7) is 4.45. The first-order valence-electron chi connectivity index (χ1n) is 9.60. The lowest BCUT2D eigenvalue weighted by molar-refractivity contribution is 0.0908. The lowest BCUT2D eigenvalue weighted by Crippen LogP contribution is -2.44. The van der Waals surface area contributed by atoms with Crippen LogP contribution in [0.5, 0.6) is 0 Å². The van der Waals surface area contributed by atoms with Crippen molar-refractivity contribution in [2.24, 2.45) is 0 Å². The summed E-state index contributed by atoms with van der Waals surface area (Å²) in [5.74, 6) is -0.230. The van der Waals surface area contributed by atoms with Gasteiger partial charge in [-0.15, -0.1) is 0 Å². The van der Waals surface area contributed by atoms with Crippen LogP contribution in [0.2, 0.25) is 5.02 Å². The molecule has 2 aromatic rings. The van der Waals surface area contributed by atoms with Crippen molar-refractivity contribution < 1.29 is 13.2 Å². The highest BCUT2D eigenvalue weighted by molar-refractivity contribution is 7.89. The molecular weight excluding hydrogens is 410 g/mol. The Morgan fingerprint density at radius 1 is 1.14 bits per heavy atom. The molecule has 1 aliphatic rings. The Hall–Kier alpha value is -1.93. The van der Waals surface area contributed by atoms with Gasteiger partial charge in [0.1, 0.15) is 0 Å². The van der Waals surface area contributed by atoms with Crippen LogP contribution in [0.15, 0.2) is 47.4 Å². The first-order valence-corrected chi connectivity index (χ1v) is 11.5. The molecule has 0 aliphatic carbocycles. The standard InChI is InChI=1S/C21H26ClN3O3S/c1-15-3-8-19(29(27,28)23-2)13-20(15)21(26)24-18-9-11-25(12-10-18)14-16-4-6-17(22)7-5-16/h3-8,13,18,23H,9-12,14H2,1-2H3,(H,24,26). The second kappa shape index (κ2) is 9.26. The predicted molar refractivity (Wildman–Crippen MR) is 115 cm³/mol. The van der Waals surface area contributed by atoms with Gasteiger partial charge < -0.3 is 5.32 Å². The van der Waals surface area contributed by atoms with E-state index in [1.807, 2.05) is 24.3 Å². The van der Waals surface area contributed by atoms with E-state index >= 15 is 0 Å². The number of benzene rings is 2. The number of hydrogen-bond acceptors (Lipinski definition) is 4. The molecule has 3 rings (SSSR count). The number of nitrogens with one attached hydrogen (secondary N) is 2. The van der Waals surface area contributed by atoms with Crippen molar-refractivity contribution in [3.63, 3.8) is 0 Å². The number of sulfonamides is 1. The Morgan fingerprint density at radius 2 is 1.79 bits per heavy atom. The maximum Gasteiger partial charge on any atom is 0.251 e. The van der Waals surface area contributed by atoms with Crippen molar-refractivity contribution in [1.82, 2.24) is 14.9 Å². The second-order valence-corrected chi connectivity index (χ2v) is 9.66. The van der Waals surface area contributed by atoms with Crippen LogP contribution in [0.4, 0.5) is 0 Å². The zero-order valence-electron chi connectivity index (χ0n) is 16.6. The van der Waals surface area contributed by atoms with Crippen LogP contribution < -0.4 is 10.0 Å². The molecule has 8 heteroatoms. The van der Waals surface area contributed by atoms with Crippen molar-refractivity contribution in [2.45, 2.75) is 37.2 Å². The molecule has 29 heavy (non-hydrogen) atoms. The zero-order chi connectivity index (χ0) is 21.0. The number of amides is 1. The van der Waals surface area contributed by atoms with E-state index in [1.54, 1.807) is 13.0 Å². The summed E-state index contributed by atoms with van der Waals surface area (Å²) in [5.41, 5.74) is 2.36. The van der Waals surface area contributed by atoms with E-state index in [4.69, 9.17) is 11.6 Å². The molecule has 1 amide bonds. The molecule has 156 valence electrons. The number of nitrogens with zero attached hydrogens (tertiary/aromatic N) is 1. The molecule has 1 aliphatic heterocycles. The lowest BCUT2D eigenvalue weighted by Gasteiger charge is -2.32. The second-order valence-electron chi connectivity index (χ2n) is 7.33. The maximum absolute atomic E-state index is 12.8. The Kier molecular flexibility index (Phi) is 6.95. The van der Waals surface area contributed by atoms with E-state index in [-0.39, 0.29) is 16.8 Å². The molecule has 0 bridgehead atoms. The molecule has 0 atom stereocenters. The number of rotatable bonds is 6. The molecule has 1 saturated heterocycles. The summed E-state index contributed by atoms with van der Waals surface area (Å²) in [4.78, 5) is 15.2. The predicted octanol–water partition coefficient (Wildman–Crippen LogP) is 2.95. The van der Waals surface area contributed by atoms with Gasteiger partial charge in [-0.2, -0.15) is 0 Å². The molecule has 1 fully saturated rings. The Balaban J connectivity index is 1.58. The largest absolute Gasteiger partial charge is 0.349 e.